The summed E-state index contributed by atoms with van der Waals surface area (Å²) in [5, 5.41) is 51.2. The SMILES string of the molecule is O=S(=O)([O-])c1cccc(Nc2nc(Cl)nc(Nc3ccc4c(O)c(N=Nc5cc(S(=O)(=O)[O-])c6cc(SOO[O-])cc(S(=O)(=O)[O-])c6c5)c(SOO[O-])cc4c3)n2)c1.[Na+].[Na+].[Na+].[Na+].[Na+]. The van der Waals surface area contributed by atoms with Gasteiger partial charge in [-0.3, -0.25) is 10.1 Å². The average Bonchev–Trinajstić information content (AvgIpc) is 3.14. The first-order chi connectivity index (χ1) is 27.3. The summed E-state index contributed by atoms with van der Waals surface area (Å²) in [4.78, 5) is 9.05. The van der Waals surface area contributed by atoms with Crippen molar-refractivity contribution in [2.24, 2.45) is 10.2 Å². The molecule has 3 N–H and O–H groups in total. The molecule has 63 heavy (non-hydrogen) atoms. The molecule has 0 aliphatic rings. The maximum absolute atomic E-state index is 12.3. The fourth-order valence-corrected chi connectivity index (χ4v) is 8.22. The molecule has 1 aromatic heterocycles. The molecule has 0 fully saturated rings. The Kier molecular flexibility index (Phi) is 25.4. The topological polar surface area (TPSA) is 362 Å². The molecule has 0 atom stereocenters. The van der Waals surface area contributed by atoms with Gasteiger partial charge >= 0.3 is 148 Å². The van der Waals surface area contributed by atoms with Crippen LogP contribution in [-0.2, 0) is 49.1 Å². The van der Waals surface area contributed by atoms with Crippen molar-refractivity contribution in [3.05, 3.63) is 78.1 Å². The van der Waals surface area contributed by atoms with Gasteiger partial charge in [-0.1, -0.05) is 6.07 Å². The van der Waals surface area contributed by atoms with Crippen LogP contribution in [0.2, 0.25) is 5.28 Å². The van der Waals surface area contributed by atoms with Gasteiger partial charge in [-0.25, -0.2) is 25.3 Å². The number of azo groups is 1. The van der Waals surface area contributed by atoms with Crippen LogP contribution in [0.5, 0.6) is 5.75 Å². The second kappa shape index (κ2) is 26.2. The third-order valence-corrected chi connectivity index (χ3v) is 11.3. The summed E-state index contributed by atoms with van der Waals surface area (Å²) in [7, 11) is -15.6. The van der Waals surface area contributed by atoms with E-state index in [1.54, 1.807) is 0 Å². The van der Waals surface area contributed by atoms with E-state index in [1.165, 1.54) is 36.4 Å². The van der Waals surface area contributed by atoms with Crippen LogP contribution in [0.15, 0.2) is 108 Å². The zero-order valence-corrected chi connectivity index (χ0v) is 47.5. The van der Waals surface area contributed by atoms with Crippen LogP contribution in [0.25, 0.3) is 21.5 Å². The zero-order valence-electron chi connectivity index (χ0n) is 32.7. The fraction of sp³-hybridized carbons (Fsp3) is 0. The summed E-state index contributed by atoms with van der Waals surface area (Å²) in [6, 6.07) is 13.8. The Morgan fingerprint density at radius 2 is 1.21 bits per heavy atom. The molecule has 0 aliphatic carbocycles. The normalized spacial score (nSPS) is 11.5. The summed E-state index contributed by atoms with van der Waals surface area (Å²) in [5.74, 6) is -0.861. The van der Waals surface area contributed by atoms with Crippen LogP contribution in [0.1, 0.15) is 0 Å². The number of halogens is 1. The van der Waals surface area contributed by atoms with E-state index in [-0.39, 0.29) is 221 Å². The van der Waals surface area contributed by atoms with E-state index in [4.69, 9.17) is 11.6 Å². The molecule has 5 aromatic carbocycles. The molecule has 304 valence electrons. The minimum absolute atomic E-state index is 0. The van der Waals surface area contributed by atoms with E-state index in [2.05, 4.69) is 54.6 Å². The maximum atomic E-state index is 12.3. The quantitative estimate of drug-likeness (QED) is 0.0215. The standard InChI is InChI=1S/C29H20ClN7O16S5.5Na/c30-27-33-28(31-14-2-1-3-18(8-14)56(41,42)43)35-29(34-27)32-15-4-5-19-13(6-15)7-22(55-53-51-40)25(26(19)38)37-36-16-9-20-21(23(10-16)57(44,45)46)11-17(54-52-50-39)12-24(20)58(47,48)49;;;;;/h1-12,38-40H,(H,41,42,43)(H,44,45,46)(H,47,48,49)(H2,31,32,33,34,35);;;;;/q;5*+1/p-5. The van der Waals surface area contributed by atoms with E-state index in [1.807, 2.05) is 0 Å². The van der Waals surface area contributed by atoms with E-state index in [9.17, 15) is 54.5 Å². The third-order valence-electron chi connectivity index (χ3n) is 7.36. The molecule has 6 aromatic rings. The number of anilines is 4. The molecule has 0 saturated heterocycles. The van der Waals surface area contributed by atoms with E-state index in [0.717, 1.165) is 30.3 Å². The van der Waals surface area contributed by atoms with Gasteiger partial charge in [0.1, 0.15) is 36.0 Å². The van der Waals surface area contributed by atoms with Crippen molar-refractivity contribution in [1.82, 2.24) is 15.0 Å². The monoisotopic (exact) mass is 1030 g/mol. The average molecular weight is 1030 g/mol. The van der Waals surface area contributed by atoms with Crippen LogP contribution in [0, 0.1) is 0 Å². The number of aromatic hydroxyl groups is 1. The summed E-state index contributed by atoms with van der Waals surface area (Å²) in [5.41, 5.74) is -0.492. The molecular weight excluding hydrogens is 1010 g/mol. The van der Waals surface area contributed by atoms with Crippen LogP contribution in [-0.4, -0.2) is 59.0 Å². The largest absolute Gasteiger partial charge is 1.00 e. The Bertz CT molecular complexity index is 2990. The molecule has 0 amide bonds. The Morgan fingerprint density at radius 3 is 1.79 bits per heavy atom. The first-order valence-electron chi connectivity index (χ1n) is 14.9. The summed E-state index contributed by atoms with van der Waals surface area (Å²) in [6.45, 7) is 0. The molecule has 1 heterocycles. The Hall–Kier alpha value is 0.110. The van der Waals surface area contributed by atoms with Gasteiger partial charge in [0.05, 0.1) is 49.4 Å². The van der Waals surface area contributed by atoms with E-state index >= 15 is 0 Å². The van der Waals surface area contributed by atoms with E-state index < -0.39 is 72.9 Å². The van der Waals surface area contributed by atoms with Crippen molar-refractivity contribution in [1.29, 1.82) is 0 Å². The Morgan fingerprint density at radius 1 is 0.635 bits per heavy atom. The van der Waals surface area contributed by atoms with Crippen LogP contribution in [0.3, 0.4) is 0 Å². The molecule has 0 unspecified atom stereocenters. The van der Waals surface area contributed by atoms with Crippen LogP contribution in [0.4, 0.5) is 34.6 Å². The van der Waals surface area contributed by atoms with Gasteiger partial charge < -0.3 is 39.9 Å². The molecule has 0 spiro atoms. The first-order valence-corrected chi connectivity index (χ1v) is 21.0. The number of aromatic nitrogens is 3. The molecule has 0 saturated carbocycles. The van der Waals surface area contributed by atoms with Gasteiger partial charge in [-0.05, 0) is 83.7 Å². The molecular formula is C29H15ClN7Na5O16S5. The molecule has 6 rings (SSSR count). The summed E-state index contributed by atoms with van der Waals surface area (Å²) >= 11 is 6.44. The zero-order chi connectivity index (χ0) is 42.0. The predicted molar refractivity (Wildman–Crippen MR) is 192 cm³/mol. The predicted octanol–water partition coefficient (Wildman–Crippen LogP) is -11.4. The molecule has 0 aliphatic heterocycles. The Balaban J connectivity index is 0.00000397. The number of phenols is 1. The molecule has 0 radical (unpaired) electrons. The second-order valence-electron chi connectivity index (χ2n) is 11.0. The van der Waals surface area contributed by atoms with Gasteiger partial charge in [0.15, 0.2) is 5.75 Å². The number of benzene rings is 5. The van der Waals surface area contributed by atoms with Gasteiger partial charge in [-0.2, -0.15) is 28.7 Å². The van der Waals surface area contributed by atoms with Gasteiger partial charge in [0.2, 0.25) is 17.2 Å². The van der Waals surface area contributed by atoms with Crippen molar-refractivity contribution in [3.63, 3.8) is 0 Å². The van der Waals surface area contributed by atoms with Gasteiger partial charge in [0, 0.05) is 32.4 Å². The number of hydrogen-bond acceptors (Lipinski definition) is 25. The number of hydrogen-bond donors (Lipinski definition) is 3. The Labute approximate surface area is 480 Å². The minimum atomic E-state index is -5.42. The van der Waals surface area contributed by atoms with Crippen LogP contribution >= 0.6 is 35.7 Å². The van der Waals surface area contributed by atoms with Crippen LogP contribution < -0.4 is 169 Å². The second-order valence-corrected chi connectivity index (χ2v) is 16.9. The smallest absolute Gasteiger partial charge is 0.744 e. The number of fused-ring (bicyclic) bond motifs is 2. The molecule has 34 heteroatoms. The van der Waals surface area contributed by atoms with Crippen molar-refractivity contribution >= 4 is 122 Å². The van der Waals surface area contributed by atoms with Crippen molar-refractivity contribution in [2.75, 3.05) is 10.6 Å². The number of rotatable bonds is 15. The third kappa shape index (κ3) is 16.1. The van der Waals surface area contributed by atoms with Crippen molar-refractivity contribution in [3.8, 4) is 5.75 Å². The number of nitrogens with zero attached hydrogens (tertiary/aromatic N) is 5. The van der Waals surface area contributed by atoms with Crippen molar-refractivity contribution in [2.45, 2.75) is 24.5 Å². The van der Waals surface area contributed by atoms with Gasteiger partial charge in [-0.15, -0.1) is 5.11 Å². The first kappa shape index (κ1) is 61.1. The summed E-state index contributed by atoms with van der Waals surface area (Å²) < 4.78 is 116. The maximum Gasteiger partial charge on any atom is 1.00 e. The summed E-state index contributed by atoms with van der Waals surface area (Å²) in [6.07, 6.45) is 0. The fourth-order valence-electron chi connectivity index (χ4n) is 5.13. The molecule has 23 nitrogen and oxygen atoms in total. The number of phenolic OH excluding ortho intramolecular Hbond substituents is 1. The minimum Gasteiger partial charge on any atom is -0.744 e. The van der Waals surface area contributed by atoms with Crippen molar-refractivity contribution < 1.29 is 221 Å². The molecule has 0 bridgehead atoms. The van der Waals surface area contributed by atoms with Gasteiger partial charge in [0.25, 0.3) is 0 Å². The van der Waals surface area contributed by atoms with E-state index in [0.29, 0.717) is 6.07 Å². The number of nitrogens with one attached hydrogen (secondary N) is 2.